The minimum absolute atomic E-state index is 0.186. The standard InChI is InChI=1S/C18H23N5O5/c1-10(17(27)21-9-16(25)26)22-18(28)14(23-15(24)7-19)6-11-8-20-13-5-3-2-4-12(11)13/h2-5,8,10,14,20H,6-7,9,19H2,1H3,(H,21,27)(H,22,28)(H,23,24)(H,25,26). The van der Waals surface area contributed by atoms with Crippen molar-refractivity contribution < 1.29 is 24.3 Å². The number of nitrogens with one attached hydrogen (secondary N) is 4. The fraction of sp³-hybridized carbons (Fsp3) is 0.333. The van der Waals surface area contributed by atoms with Crippen LogP contribution in [0.5, 0.6) is 0 Å². The van der Waals surface area contributed by atoms with E-state index in [0.29, 0.717) is 0 Å². The second-order valence-corrected chi connectivity index (χ2v) is 6.23. The Morgan fingerprint density at radius 3 is 2.54 bits per heavy atom. The summed E-state index contributed by atoms with van der Waals surface area (Å²) in [5, 5.41) is 16.7. The first kappa shape index (κ1) is 20.9. The van der Waals surface area contributed by atoms with Crippen LogP contribution < -0.4 is 21.7 Å². The highest BCUT2D eigenvalue weighted by Crippen LogP contribution is 2.19. The molecule has 2 aromatic rings. The van der Waals surface area contributed by atoms with Gasteiger partial charge in [0.05, 0.1) is 6.54 Å². The Morgan fingerprint density at radius 2 is 1.86 bits per heavy atom. The third-order valence-corrected chi connectivity index (χ3v) is 4.10. The predicted octanol–water partition coefficient (Wildman–Crippen LogP) is -1.14. The van der Waals surface area contributed by atoms with Crippen LogP contribution >= 0.6 is 0 Å². The van der Waals surface area contributed by atoms with E-state index in [-0.39, 0.29) is 13.0 Å². The van der Waals surface area contributed by atoms with E-state index in [1.54, 1.807) is 6.20 Å². The van der Waals surface area contributed by atoms with Crippen LogP contribution in [0.25, 0.3) is 10.9 Å². The lowest BCUT2D eigenvalue weighted by Crippen LogP contribution is -2.54. The molecule has 2 unspecified atom stereocenters. The topological polar surface area (TPSA) is 166 Å². The molecule has 150 valence electrons. The third kappa shape index (κ3) is 5.55. The van der Waals surface area contributed by atoms with Gasteiger partial charge >= 0.3 is 5.97 Å². The molecule has 2 atom stereocenters. The number of para-hydroxylation sites is 1. The number of carboxylic acids is 1. The third-order valence-electron chi connectivity index (χ3n) is 4.10. The lowest BCUT2D eigenvalue weighted by atomic mass is 10.0. The molecular weight excluding hydrogens is 366 g/mol. The second-order valence-electron chi connectivity index (χ2n) is 6.23. The van der Waals surface area contributed by atoms with Crippen LogP contribution in [-0.2, 0) is 25.6 Å². The number of benzene rings is 1. The number of nitrogens with two attached hydrogens (primary N) is 1. The Hall–Kier alpha value is -3.40. The van der Waals surface area contributed by atoms with Crippen LogP contribution in [0.2, 0.25) is 0 Å². The number of hydrogen-bond acceptors (Lipinski definition) is 5. The molecule has 2 rings (SSSR count). The number of aromatic amines is 1. The van der Waals surface area contributed by atoms with E-state index in [9.17, 15) is 19.2 Å². The lowest BCUT2D eigenvalue weighted by Gasteiger charge is -2.21. The summed E-state index contributed by atoms with van der Waals surface area (Å²) in [6.45, 7) is 0.580. The molecule has 0 spiro atoms. The molecule has 0 saturated carbocycles. The van der Waals surface area contributed by atoms with E-state index in [1.165, 1.54) is 6.92 Å². The molecule has 0 saturated heterocycles. The first-order chi connectivity index (χ1) is 13.3. The average molecular weight is 389 g/mol. The number of fused-ring (bicyclic) bond motifs is 1. The van der Waals surface area contributed by atoms with E-state index in [0.717, 1.165) is 16.5 Å². The molecule has 3 amide bonds. The molecule has 1 aromatic carbocycles. The molecular formula is C18H23N5O5. The molecule has 28 heavy (non-hydrogen) atoms. The van der Waals surface area contributed by atoms with E-state index < -0.39 is 42.3 Å². The normalized spacial score (nSPS) is 12.8. The minimum atomic E-state index is -1.20. The lowest BCUT2D eigenvalue weighted by molar-refractivity contribution is -0.138. The highest BCUT2D eigenvalue weighted by atomic mass is 16.4. The van der Waals surface area contributed by atoms with Crippen LogP contribution in [-0.4, -0.2) is 59.0 Å². The van der Waals surface area contributed by atoms with Crippen LogP contribution in [0.3, 0.4) is 0 Å². The molecule has 10 nitrogen and oxygen atoms in total. The zero-order valence-electron chi connectivity index (χ0n) is 15.3. The zero-order chi connectivity index (χ0) is 20.7. The SMILES string of the molecule is CC(NC(=O)C(Cc1c[nH]c2ccccc12)NC(=O)CN)C(=O)NCC(=O)O. The maximum Gasteiger partial charge on any atom is 0.322 e. The summed E-state index contributed by atoms with van der Waals surface area (Å²) in [7, 11) is 0. The van der Waals surface area contributed by atoms with Crippen molar-refractivity contribution >= 4 is 34.6 Å². The maximum atomic E-state index is 12.6. The number of amides is 3. The summed E-state index contributed by atoms with van der Waals surface area (Å²) < 4.78 is 0. The molecule has 0 radical (unpaired) electrons. The number of aromatic nitrogens is 1. The molecule has 0 aliphatic heterocycles. The number of H-pyrrole nitrogens is 1. The van der Waals surface area contributed by atoms with Crippen molar-refractivity contribution in [2.45, 2.75) is 25.4 Å². The number of aliphatic carboxylic acids is 1. The minimum Gasteiger partial charge on any atom is -0.480 e. The van der Waals surface area contributed by atoms with Gasteiger partial charge in [0, 0.05) is 23.5 Å². The molecule has 0 fully saturated rings. The van der Waals surface area contributed by atoms with Gasteiger partial charge in [0.15, 0.2) is 0 Å². The first-order valence-corrected chi connectivity index (χ1v) is 8.66. The van der Waals surface area contributed by atoms with Crippen molar-refractivity contribution in [2.75, 3.05) is 13.1 Å². The first-order valence-electron chi connectivity index (χ1n) is 8.66. The van der Waals surface area contributed by atoms with Crippen LogP contribution in [0.1, 0.15) is 12.5 Å². The highest BCUT2D eigenvalue weighted by molar-refractivity contribution is 5.93. The van der Waals surface area contributed by atoms with Gasteiger partial charge in [-0.3, -0.25) is 19.2 Å². The fourth-order valence-corrected chi connectivity index (χ4v) is 2.68. The van der Waals surface area contributed by atoms with Gasteiger partial charge < -0.3 is 31.8 Å². The Morgan fingerprint density at radius 1 is 1.14 bits per heavy atom. The number of carbonyl (C=O) groups is 4. The van der Waals surface area contributed by atoms with Crippen LogP contribution in [0, 0.1) is 0 Å². The van der Waals surface area contributed by atoms with Crippen molar-refractivity contribution in [2.24, 2.45) is 5.73 Å². The van der Waals surface area contributed by atoms with Crippen molar-refractivity contribution in [1.29, 1.82) is 0 Å². The summed E-state index contributed by atoms with van der Waals surface area (Å²) >= 11 is 0. The summed E-state index contributed by atoms with van der Waals surface area (Å²) in [4.78, 5) is 49.9. The summed E-state index contributed by atoms with van der Waals surface area (Å²) in [5.41, 5.74) is 7.04. The van der Waals surface area contributed by atoms with Crippen LogP contribution in [0.15, 0.2) is 30.5 Å². The number of carbonyl (C=O) groups excluding carboxylic acids is 3. The number of carboxylic acid groups (broad SMARTS) is 1. The molecule has 1 heterocycles. The average Bonchev–Trinajstić information content (AvgIpc) is 3.08. The molecule has 10 heteroatoms. The van der Waals surface area contributed by atoms with E-state index >= 15 is 0 Å². The van der Waals surface area contributed by atoms with Crippen molar-refractivity contribution in [3.05, 3.63) is 36.0 Å². The van der Waals surface area contributed by atoms with Gasteiger partial charge in [-0.1, -0.05) is 18.2 Å². The van der Waals surface area contributed by atoms with E-state index in [4.69, 9.17) is 10.8 Å². The zero-order valence-corrected chi connectivity index (χ0v) is 15.3. The second kappa shape index (κ2) is 9.51. The van der Waals surface area contributed by atoms with E-state index in [1.807, 2.05) is 24.3 Å². The maximum absolute atomic E-state index is 12.6. The largest absolute Gasteiger partial charge is 0.480 e. The highest BCUT2D eigenvalue weighted by Gasteiger charge is 2.25. The molecule has 0 aliphatic rings. The van der Waals surface area contributed by atoms with Gasteiger partial charge in [-0.15, -0.1) is 0 Å². The molecule has 7 N–H and O–H groups in total. The molecule has 0 aliphatic carbocycles. The summed E-state index contributed by atoms with van der Waals surface area (Å²) in [6, 6.07) is 5.59. The summed E-state index contributed by atoms with van der Waals surface area (Å²) in [6.07, 6.45) is 1.94. The van der Waals surface area contributed by atoms with E-state index in [2.05, 4.69) is 20.9 Å². The van der Waals surface area contributed by atoms with Crippen LogP contribution in [0.4, 0.5) is 0 Å². The Bertz CT molecular complexity index is 878. The predicted molar refractivity (Wildman–Crippen MR) is 101 cm³/mol. The summed E-state index contributed by atoms with van der Waals surface area (Å²) in [5.74, 6) is -2.93. The molecule has 1 aromatic heterocycles. The smallest absolute Gasteiger partial charge is 0.322 e. The monoisotopic (exact) mass is 389 g/mol. The van der Waals surface area contributed by atoms with Gasteiger partial charge in [0.25, 0.3) is 0 Å². The van der Waals surface area contributed by atoms with Crippen molar-refractivity contribution in [3.8, 4) is 0 Å². The fourth-order valence-electron chi connectivity index (χ4n) is 2.68. The van der Waals surface area contributed by atoms with Gasteiger partial charge in [-0.05, 0) is 18.6 Å². The Balaban J connectivity index is 2.11. The van der Waals surface area contributed by atoms with Gasteiger partial charge in [0.2, 0.25) is 17.7 Å². The Labute approximate surface area is 160 Å². The van der Waals surface area contributed by atoms with Gasteiger partial charge in [0.1, 0.15) is 18.6 Å². The quantitative estimate of drug-likeness (QED) is 0.317. The van der Waals surface area contributed by atoms with Gasteiger partial charge in [-0.2, -0.15) is 0 Å². The van der Waals surface area contributed by atoms with Crippen molar-refractivity contribution in [3.63, 3.8) is 0 Å². The van der Waals surface area contributed by atoms with Crippen molar-refractivity contribution in [1.82, 2.24) is 20.9 Å². The van der Waals surface area contributed by atoms with Gasteiger partial charge in [-0.25, -0.2) is 0 Å². The molecule has 0 bridgehead atoms. The Kier molecular flexibility index (Phi) is 7.10. The number of rotatable bonds is 9. The number of hydrogen-bond donors (Lipinski definition) is 6.